The maximum atomic E-state index is 12.1. The van der Waals surface area contributed by atoms with Gasteiger partial charge < -0.3 is 5.73 Å². The van der Waals surface area contributed by atoms with E-state index in [9.17, 15) is 4.79 Å². The Morgan fingerprint density at radius 1 is 1.13 bits per heavy atom. The molecule has 1 aromatic heterocycles. The van der Waals surface area contributed by atoms with Crippen molar-refractivity contribution < 1.29 is 4.79 Å². The zero-order valence-electron chi connectivity index (χ0n) is 11.7. The average molecular weight is 392 g/mol. The molecule has 0 fully saturated rings. The molecule has 0 bridgehead atoms. The lowest BCUT2D eigenvalue weighted by atomic mass is 10.1. The van der Waals surface area contributed by atoms with Crippen LogP contribution in [0.1, 0.15) is 23.0 Å². The maximum absolute atomic E-state index is 12.1. The lowest BCUT2D eigenvalue weighted by Gasteiger charge is -2.08. The van der Waals surface area contributed by atoms with E-state index in [-0.39, 0.29) is 26.6 Å². The summed E-state index contributed by atoms with van der Waals surface area (Å²) in [5.74, 6) is -0.659. The van der Waals surface area contributed by atoms with E-state index < -0.39 is 5.91 Å². The van der Waals surface area contributed by atoms with Crippen LogP contribution in [0.4, 0.5) is 5.69 Å². The van der Waals surface area contributed by atoms with Crippen LogP contribution in [-0.2, 0) is 0 Å². The summed E-state index contributed by atoms with van der Waals surface area (Å²) in [7, 11) is 0. The molecule has 0 atom stereocenters. The number of nitrogens with two attached hydrogens (primary N) is 1. The van der Waals surface area contributed by atoms with Crippen LogP contribution in [0.25, 0.3) is 0 Å². The van der Waals surface area contributed by atoms with Gasteiger partial charge in [-0.1, -0.05) is 58.5 Å². The molecule has 0 saturated heterocycles. The zero-order valence-corrected chi connectivity index (χ0v) is 14.7. The fourth-order valence-electron chi connectivity index (χ4n) is 1.63. The molecule has 0 aliphatic rings. The first kappa shape index (κ1) is 17.8. The second-order valence-corrected chi connectivity index (χ2v) is 5.99. The third-order valence-electron chi connectivity index (χ3n) is 2.87. The lowest BCUT2D eigenvalue weighted by molar-refractivity contribution is 0.0950. The zero-order chi connectivity index (χ0) is 17.1. The number of anilines is 1. The highest BCUT2D eigenvalue weighted by Crippen LogP contribution is 2.34. The van der Waals surface area contributed by atoms with Crippen LogP contribution in [-0.4, -0.2) is 16.6 Å². The minimum atomic E-state index is -0.659. The number of nitrogens with zero attached hydrogens (tertiary/aromatic N) is 2. The smallest absolute Gasteiger partial charge is 0.291 e. The van der Waals surface area contributed by atoms with E-state index in [1.165, 1.54) is 0 Å². The Hall–Kier alpha value is -1.53. The molecule has 0 radical (unpaired) electrons. The molecule has 2 rings (SSSR count). The standard InChI is InChI=1S/C14H10Cl4N4O/c1-6(7-2-4-8(15)5-3-7)21-22-14(23)12-9(16)11(19)10(17)13(18)20-12/h2-5H,1H3,(H2,19,20)(H,22,23)/b21-6-. The first-order chi connectivity index (χ1) is 10.8. The van der Waals surface area contributed by atoms with E-state index in [0.29, 0.717) is 10.7 Å². The number of pyridine rings is 1. The number of halogens is 4. The van der Waals surface area contributed by atoms with Crippen molar-refractivity contribution in [1.82, 2.24) is 10.4 Å². The highest BCUT2D eigenvalue weighted by Gasteiger charge is 2.19. The number of benzene rings is 1. The van der Waals surface area contributed by atoms with E-state index in [2.05, 4.69) is 15.5 Å². The molecule has 0 spiro atoms. The Morgan fingerprint density at radius 2 is 1.74 bits per heavy atom. The fourth-order valence-corrected chi connectivity index (χ4v) is 2.35. The minimum Gasteiger partial charge on any atom is -0.396 e. The van der Waals surface area contributed by atoms with E-state index in [0.717, 1.165) is 5.56 Å². The van der Waals surface area contributed by atoms with Crippen LogP contribution in [0, 0.1) is 0 Å². The molecule has 2 aromatic rings. The Labute approximate surface area is 152 Å². The summed E-state index contributed by atoms with van der Waals surface area (Å²) < 4.78 is 0. The topological polar surface area (TPSA) is 80.4 Å². The summed E-state index contributed by atoms with van der Waals surface area (Å²) in [6.07, 6.45) is 0. The van der Waals surface area contributed by atoms with Gasteiger partial charge in [0.15, 0.2) is 10.8 Å². The molecule has 1 heterocycles. The molecule has 5 nitrogen and oxygen atoms in total. The van der Waals surface area contributed by atoms with Gasteiger partial charge in [0, 0.05) is 5.02 Å². The molecular formula is C14H10Cl4N4O. The molecule has 0 aliphatic heterocycles. The SMILES string of the molecule is C/C(=N/NC(=O)c1nc(Cl)c(Cl)c(N)c1Cl)c1ccc(Cl)cc1. The van der Waals surface area contributed by atoms with Crippen LogP contribution < -0.4 is 11.2 Å². The molecule has 0 unspecified atom stereocenters. The summed E-state index contributed by atoms with van der Waals surface area (Å²) in [5, 5.41) is 4.38. The quantitative estimate of drug-likeness (QED) is 0.461. The Balaban J connectivity index is 2.23. The number of nitrogen functional groups attached to an aromatic ring is 1. The molecule has 9 heteroatoms. The van der Waals surface area contributed by atoms with Gasteiger partial charge in [-0.15, -0.1) is 0 Å². The summed E-state index contributed by atoms with van der Waals surface area (Å²) in [4.78, 5) is 15.9. The molecule has 23 heavy (non-hydrogen) atoms. The van der Waals surface area contributed by atoms with Crippen LogP contribution in [0.15, 0.2) is 29.4 Å². The predicted molar refractivity (Wildman–Crippen MR) is 94.8 cm³/mol. The van der Waals surface area contributed by atoms with Gasteiger partial charge in [0.25, 0.3) is 5.91 Å². The maximum Gasteiger partial charge on any atom is 0.291 e. The first-order valence-corrected chi connectivity index (χ1v) is 7.73. The van der Waals surface area contributed by atoms with Crippen molar-refractivity contribution in [3.8, 4) is 0 Å². The number of carbonyl (C=O) groups is 1. The van der Waals surface area contributed by atoms with Gasteiger partial charge in [0.2, 0.25) is 0 Å². The molecule has 0 aliphatic carbocycles. The van der Waals surface area contributed by atoms with Gasteiger partial charge >= 0.3 is 0 Å². The molecule has 1 aromatic carbocycles. The Bertz CT molecular complexity index is 790. The molecule has 120 valence electrons. The van der Waals surface area contributed by atoms with Crippen LogP contribution >= 0.6 is 46.4 Å². The highest BCUT2D eigenvalue weighted by atomic mass is 35.5. The van der Waals surface area contributed by atoms with Gasteiger partial charge in [0.1, 0.15) is 5.02 Å². The van der Waals surface area contributed by atoms with E-state index in [4.69, 9.17) is 52.1 Å². The molecular weight excluding hydrogens is 382 g/mol. The molecule has 1 amide bonds. The summed E-state index contributed by atoms with van der Waals surface area (Å²) >= 11 is 23.4. The third kappa shape index (κ3) is 4.06. The molecule has 3 N–H and O–H groups in total. The van der Waals surface area contributed by atoms with Crippen molar-refractivity contribution in [2.45, 2.75) is 6.92 Å². The predicted octanol–water partition coefficient (Wildman–Crippen LogP) is 4.43. The van der Waals surface area contributed by atoms with Crippen molar-refractivity contribution >= 4 is 63.7 Å². The number of nitrogens with one attached hydrogen (secondary N) is 1. The van der Waals surface area contributed by atoms with Crippen LogP contribution in [0.3, 0.4) is 0 Å². The Morgan fingerprint density at radius 3 is 2.35 bits per heavy atom. The summed E-state index contributed by atoms with van der Waals surface area (Å²) in [6, 6.07) is 6.98. The summed E-state index contributed by atoms with van der Waals surface area (Å²) in [5.41, 5.74) is 9.19. The van der Waals surface area contributed by atoms with Crippen molar-refractivity contribution in [3.05, 3.63) is 55.7 Å². The van der Waals surface area contributed by atoms with Gasteiger partial charge in [-0.3, -0.25) is 4.79 Å². The second kappa shape index (κ2) is 7.36. The fraction of sp³-hybridized carbons (Fsp3) is 0.0714. The monoisotopic (exact) mass is 390 g/mol. The third-order valence-corrected chi connectivity index (χ3v) is 4.26. The van der Waals surface area contributed by atoms with Crippen LogP contribution in [0.5, 0.6) is 0 Å². The van der Waals surface area contributed by atoms with Crippen molar-refractivity contribution in [1.29, 1.82) is 0 Å². The number of amides is 1. The molecule has 0 saturated carbocycles. The summed E-state index contributed by atoms with van der Waals surface area (Å²) in [6.45, 7) is 1.72. The number of rotatable bonds is 3. The van der Waals surface area contributed by atoms with Crippen molar-refractivity contribution in [2.24, 2.45) is 5.10 Å². The number of hydrogen-bond donors (Lipinski definition) is 2. The first-order valence-electron chi connectivity index (χ1n) is 6.21. The number of hydrazone groups is 1. The highest BCUT2D eigenvalue weighted by molar-refractivity contribution is 6.46. The van der Waals surface area contributed by atoms with Crippen molar-refractivity contribution in [3.63, 3.8) is 0 Å². The average Bonchev–Trinajstić information content (AvgIpc) is 2.54. The van der Waals surface area contributed by atoms with Gasteiger partial charge in [-0.2, -0.15) is 5.10 Å². The number of aromatic nitrogens is 1. The minimum absolute atomic E-state index is 0.00550. The van der Waals surface area contributed by atoms with E-state index in [1.807, 2.05) is 0 Å². The Kier molecular flexibility index (Phi) is 5.70. The lowest BCUT2D eigenvalue weighted by Crippen LogP contribution is -2.21. The van der Waals surface area contributed by atoms with E-state index in [1.54, 1.807) is 31.2 Å². The number of carbonyl (C=O) groups excluding carboxylic acids is 1. The second-order valence-electron chi connectivity index (χ2n) is 4.44. The van der Waals surface area contributed by atoms with Gasteiger partial charge in [-0.25, -0.2) is 10.4 Å². The normalized spacial score (nSPS) is 11.4. The van der Waals surface area contributed by atoms with Gasteiger partial charge in [-0.05, 0) is 24.6 Å². The van der Waals surface area contributed by atoms with Crippen molar-refractivity contribution in [2.75, 3.05) is 5.73 Å². The number of hydrogen-bond acceptors (Lipinski definition) is 4. The van der Waals surface area contributed by atoms with Gasteiger partial charge in [0.05, 0.1) is 16.4 Å². The largest absolute Gasteiger partial charge is 0.396 e. The van der Waals surface area contributed by atoms with E-state index >= 15 is 0 Å². The van der Waals surface area contributed by atoms with Crippen LogP contribution in [0.2, 0.25) is 20.2 Å².